The van der Waals surface area contributed by atoms with Gasteiger partial charge in [0.15, 0.2) is 0 Å². The molecule has 368 valence electrons. The van der Waals surface area contributed by atoms with Gasteiger partial charge in [-0.1, -0.05) is 198 Å². The molecule has 1 aromatic heterocycles. The zero-order valence-corrected chi connectivity index (χ0v) is 43.8. The molecule has 3 heteroatoms. The number of aromatic nitrogens is 1. The van der Waals surface area contributed by atoms with Gasteiger partial charge in [-0.3, -0.25) is 0 Å². The lowest BCUT2D eigenvalue weighted by molar-refractivity contribution is 0.660. The summed E-state index contributed by atoms with van der Waals surface area (Å²) in [6.45, 7) is 9.53. The van der Waals surface area contributed by atoms with Gasteiger partial charge in [-0.2, -0.15) is 0 Å². The van der Waals surface area contributed by atoms with Gasteiger partial charge in [-0.05, 0) is 170 Å². The Kier molecular flexibility index (Phi) is 10.9. The second kappa shape index (κ2) is 18.1. The van der Waals surface area contributed by atoms with Gasteiger partial charge in [0.05, 0.1) is 11.2 Å². The van der Waals surface area contributed by atoms with Crippen LogP contribution >= 0.6 is 0 Å². The van der Waals surface area contributed by atoms with Crippen LogP contribution in [-0.2, 0) is 10.8 Å². The Morgan fingerprint density at radius 1 is 0.286 bits per heavy atom. The molecule has 0 radical (unpaired) electrons. The molecule has 0 bridgehead atoms. The van der Waals surface area contributed by atoms with Crippen LogP contribution < -0.4 is 9.80 Å². The number of hydrogen-bond donors (Lipinski definition) is 0. The standard InChI is InChI=1S/C74H57N3/c1-73(2)66-33-21-20-32-61(66)62-45-43-60(47-68(62)73)76(59-41-39-58(40-42-59)75(54-26-14-7-15-27-54)55-28-16-8-17-29-55)57-37-34-50(35-38-57)53-36-44-63-64-48-65-70(49-69(64)74(3,4)67(63)46-53)77(56-30-18-9-19-31-56)72(52-24-12-6-13-25-52)71(65)51-22-10-5-11-23-51/h5-49H,1-4H3. The zero-order valence-electron chi connectivity index (χ0n) is 43.8. The zero-order chi connectivity index (χ0) is 51.8. The summed E-state index contributed by atoms with van der Waals surface area (Å²) in [6.07, 6.45) is 0. The predicted molar refractivity (Wildman–Crippen MR) is 324 cm³/mol. The van der Waals surface area contributed by atoms with Crippen molar-refractivity contribution in [3.8, 4) is 61.5 Å². The van der Waals surface area contributed by atoms with Crippen LogP contribution in [0.2, 0.25) is 0 Å². The minimum absolute atomic E-state index is 0.137. The average molecular weight is 988 g/mol. The van der Waals surface area contributed by atoms with E-state index in [-0.39, 0.29) is 10.8 Å². The Bertz CT molecular complexity index is 4120. The maximum atomic E-state index is 2.49. The van der Waals surface area contributed by atoms with E-state index in [1.54, 1.807) is 0 Å². The minimum atomic E-state index is -0.249. The van der Waals surface area contributed by atoms with Crippen molar-refractivity contribution in [2.45, 2.75) is 38.5 Å². The summed E-state index contributed by atoms with van der Waals surface area (Å²) in [4.78, 5) is 4.74. The van der Waals surface area contributed by atoms with Gasteiger partial charge >= 0.3 is 0 Å². The van der Waals surface area contributed by atoms with Crippen molar-refractivity contribution in [2.24, 2.45) is 0 Å². The number of benzene rings is 11. The number of anilines is 6. The van der Waals surface area contributed by atoms with Crippen LogP contribution in [0.3, 0.4) is 0 Å². The number of fused-ring (bicyclic) bond motifs is 7. The summed E-state index contributed by atoms with van der Waals surface area (Å²) in [6, 6.07) is 100. The molecule has 0 saturated carbocycles. The van der Waals surface area contributed by atoms with E-state index >= 15 is 0 Å². The molecule has 2 aliphatic rings. The molecule has 3 nitrogen and oxygen atoms in total. The first-order valence-corrected chi connectivity index (χ1v) is 26.9. The minimum Gasteiger partial charge on any atom is -0.311 e. The van der Waals surface area contributed by atoms with Crippen LogP contribution in [0.25, 0.3) is 72.4 Å². The highest BCUT2D eigenvalue weighted by Crippen LogP contribution is 2.55. The topological polar surface area (TPSA) is 11.4 Å². The monoisotopic (exact) mass is 987 g/mol. The third-order valence-electron chi connectivity index (χ3n) is 16.6. The molecule has 0 N–H and O–H groups in total. The quantitative estimate of drug-likeness (QED) is 0.135. The molecule has 0 unspecified atom stereocenters. The number of para-hydroxylation sites is 3. The summed E-state index contributed by atoms with van der Waals surface area (Å²) in [5, 5.41) is 1.25. The van der Waals surface area contributed by atoms with Gasteiger partial charge < -0.3 is 14.4 Å². The second-order valence-electron chi connectivity index (χ2n) is 21.7. The second-order valence-corrected chi connectivity index (χ2v) is 21.7. The molecule has 0 amide bonds. The van der Waals surface area contributed by atoms with E-state index in [2.05, 4.69) is 315 Å². The third kappa shape index (κ3) is 7.56. The van der Waals surface area contributed by atoms with Crippen LogP contribution in [-0.4, -0.2) is 4.57 Å². The maximum Gasteiger partial charge on any atom is 0.0619 e. The number of rotatable bonds is 10. The molecule has 0 spiro atoms. The lowest BCUT2D eigenvalue weighted by atomic mass is 9.81. The van der Waals surface area contributed by atoms with Crippen molar-refractivity contribution in [3.63, 3.8) is 0 Å². The number of hydrogen-bond acceptors (Lipinski definition) is 2. The lowest BCUT2D eigenvalue weighted by Crippen LogP contribution is -2.16. The first-order chi connectivity index (χ1) is 37.7. The van der Waals surface area contributed by atoms with Crippen LogP contribution in [0.15, 0.2) is 273 Å². The van der Waals surface area contributed by atoms with Gasteiger partial charge in [0.2, 0.25) is 0 Å². The van der Waals surface area contributed by atoms with Gasteiger partial charge in [0.25, 0.3) is 0 Å². The van der Waals surface area contributed by atoms with Crippen LogP contribution in [0.5, 0.6) is 0 Å². The molecular formula is C74H57N3. The van der Waals surface area contributed by atoms with Gasteiger partial charge in [0.1, 0.15) is 0 Å². The van der Waals surface area contributed by atoms with E-state index < -0.39 is 0 Å². The number of nitrogens with zero attached hydrogens (tertiary/aromatic N) is 3. The van der Waals surface area contributed by atoms with Crippen LogP contribution in [0, 0.1) is 0 Å². The van der Waals surface area contributed by atoms with E-state index in [0.29, 0.717) is 0 Å². The fourth-order valence-corrected chi connectivity index (χ4v) is 12.7. The fraction of sp³-hybridized carbons (Fsp3) is 0.0811. The summed E-state index contributed by atoms with van der Waals surface area (Å²) in [5.41, 5.74) is 26.5. The van der Waals surface area contributed by atoms with Crippen molar-refractivity contribution in [1.29, 1.82) is 0 Å². The largest absolute Gasteiger partial charge is 0.311 e. The van der Waals surface area contributed by atoms with E-state index in [1.807, 2.05) is 0 Å². The first-order valence-electron chi connectivity index (χ1n) is 26.9. The maximum absolute atomic E-state index is 2.49. The fourth-order valence-electron chi connectivity index (χ4n) is 12.7. The molecule has 14 rings (SSSR count). The molecule has 0 atom stereocenters. The third-order valence-corrected chi connectivity index (χ3v) is 16.6. The summed E-state index contributed by atoms with van der Waals surface area (Å²) in [7, 11) is 0. The Morgan fingerprint density at radius 3 is 1.32 bits per heavy atom. The van der Waals surface area contributed by atoms with E-state index in [9.17, 15) is 0 Å². The average Bonchev–Trinajstić information content (AvgIpc) is 4.07. The first kappa shape index (κ1) is 46.1. The summed E-state index contributed by atoms with van der Waals surface area (Å²) < 4.78 is 2.49. The molecule has 0 fully saturated rings. The van der Waals surface area contributed by atoms with Gasteiger partial charge in [0, 0.05) is 61.6 Å². The molecule has 0 aliphatic heterocycles. The van der Waals surface area contributed by atoms with Crippen LogP contribution in [0.4, 0.5) is 34.1 Å². The Balaban J connectivity index is 0.866. The molecule has 11 aromatic carbocycles. The molecule has 1 heterocycles. The van der Waals surface area contributed by atoms with Gasteiger partial charge in [-0.25, -0.2) is 0 Å². The lowest BCUT2D eigenvalue weighted by Gasteiger charge is -2.29. The Labute approximate surface area is 452 Å². The van der Waals surface area contributed by atoms with Crippen molar-refractivity contribution in [1.82, 2.24) is 4.57 Å². The van der Waals surface area contributed by atoms with E-state index in [0.717, 1.165) is 39.8 Å². The summed E-state index contributed by atoms with van der Waals surface area (Å²) in [5.74, 6) is 0. The smallest absolute Gasteiger partial charge is 0.0619 e. The van der Waals surface area contributed by atoms with E-state index in [1.165, 1.54) is 88.9 Å². The Morgan fingerprint density at radius 2 is 0.701 bits per heavy atom. The Hall–Kier alpha value is -9.44. The molecule has 12 aromatic rings. The highest BCUT2D eigenvalue weighted by molar-refractivity contribution is 6.08. The highest BCUT2D eigenvalue weighted by Gasteiger charge is 2.38. The van der Waals surface area contributed by atoms with Gasteiger partial charge in [-0.15, -0.1) is 0 Å². The summed E-state index contributed by atoms with van der Waals surface area (Å²) >= 11 is 0. The molecule has 2 aliphatic carbocycles. The van der Waals surface area contributed by atoms with Crippen molar-refractivity contribution < 1.29 is 0 Å². The van der Waals surface area contributed by atoms with E-state index in [4.69, 9.17) is 0 Å². The molecule has 0 saturated heterocycles. The normalized spacial score (nSPS) is 13.4. The highest BCUT2D eigenvalue weighted by atomic mass is 15.2. The predicted octanol–water partition coefficient (Wildman–Crippen LogP) is 20.2. The van der Waals surface area contributed by atoms with Crippen molar-refractivity contribution in [2.75, 3.05) is 9.80 Å². The van der Waals surface area contributed by atoms with Crippen molar-refractivity contribution in [3.05, 3.63) is 295 Å². The molecule has 77 heavy (non-hydrogen) atoms. The van der Waals surface area contributed by atoms with Crippen LogP contribution in [0.1, 0.15) is 49.9 Å². The van der Waals surface area contributed by atoms with Crippen molar-refractivity contribution >= 4 is 45.0 Å². The SMILES string of the molecule is CC1(C)c2ccccc2-c2ccc(N(c3ccc(-c4ccc5c(c4)C(C)(C)c4cc6c(cc4-5)c(-c4ccccc4)c(-c4ccccc4)n6-c4ccccc4)cc3)c3ccc(N(c4ccccc4)c4ccccc4)cc3)cc21. The molecular weight excluding hydrogens is 931 g/mol.